The van der Waals surface area contributed by atoms with E-state index in [2.05, 4.69) is 9.71 Å². The topological polar surface area (TPSA) is 119 Å². The fraction of sp³-hybridized carbons (Fsp3) is 0.391. The number of nitrogens with one attached hydrogen (secondary N) is 2. The third kappa shape index (κ3) is 7.34. The minimum Gasteiger partial charge on any atom is -0.490 e. The maximum atomic E-state index is 14.3. The van der Waals surface area contributed by atoms with Gasteiger partial charge in [0.15, 0.2) is 11.6 Å². The number of thiophene rings is 1. The molecule has 1 unspecified atom stereocenters. The molecule has 0 radical (unpaired) electrons. The maximum Gasteiger partial charge on any atom is 0.330 e. The van der Waals surface area contributed by atoms with E-state index in [1.54, 1.807) is 12.1 Å². The van der Waals surface area contributed by atoms with E-state index in [4.69, 9.17) is 9.47 Å². The molecular weight excluding hydrogens is 497 g/mol. The van der Waals surface area contributed by atoms with Gasteiger partial charge in [0, 0.05) is 23.7 Å². The van der Waals surface area contributed by atoms with E-state index in [1.165, 1.54) is 34.2 Å². The lowest BCUT2D eigenvalue weighted by atomic mass is 10.1. The van der Waals surface area contributed by atoms with Gasteiger partial charge < -0.3 is 9.47 Å². The quantitative estimate of drug-likeness (QED) is 0.333. The number of aromatic nitrogens is 2. The smallest absolute Gasteiger partial charge is 0.330 e. The van der Waals surface area contributed by atoms with Crippen molar-refractivity contribution in [3.63, 3.8) is 0 Å². The van der Waals surface area contributed by atoms with Crippen LogP contribution in [0, 0.1) is 11.7 Å². The number of benzene rings is 1. The fourth-order valence-corrected chi connectivity index (χ4v) is 5.46. The van der Waals surface area contributed by atoms with Crippen molar-refractivity contribution in [1.29, 1.82) is 0 Å². The van der Waals surface area contributed by atoms with Gasteiger partial charge in [-0.25, -0.2) is 22.3 Å². The van der Waals surface area contributed by atoms with Crippen LogP contribution in [-0.4, -0.2) is 36.9 Å². The Kier molecular flexibility index (Phi) is 8.16. The predicted molar refractivity (Wildman–Crippen MR) is 130 cm³/mol. The van der Waals surface area contributed by atoms with Crippen molar-refractivity contribution in [2.75, 3.05) is 19.0 Å². The van der Waals surface area contributed by atoms with Gasteiger partial charge in [0.25, 0.3) is 5.56 Å². The number of sulfonamides is 1. The number of halogens is 1. The monoisotopic (exact) mass is 523 g/mol. The summed E-state index contributed by atoms with van der Waals surface area (Å²) in [5.41, 5.74) is -0.534. The second-order valence-electron chi connectivity index (χ2n) is 8.30. The van der Waals surface area contributed by atoms with Crippen molar-refractivity contribution >= 4 is 21.4 Å². The summed E-state index contributed by atoms with van der Waals surface area (Å²) in [7, 11) is -3.73. The van der Waals surface area contributed by atoms with E-state index in [9.17, 15) is 22.4 Å². The minimum atomic E-state index is -3.73. The molecule has 1 aromatic carbocycles. The zero-order chi connectivity index (χ0) is 24.8. The normalized spacial score (nSPS) is 14.7. The Morgan fingerprint density at radius 1 is 1.23 bits per heavy atom. The van der Waals surface area contributed by atoms with E-state index < -0.39 is 33.1 Å². The first-order valence-corrected chi connectivity index (χ1v) is 13.7. The average molecular weight is 524 g/mol. The Morgan fingerprint density at radius 3 is 2.77 bits per heavy atom. The van der Waals surface area contributed by atoms with Gasteiger partial charge in [0.05, 0.1) is 18.4 Å². The summed E-state index contributed by atoms with van der Waals surface area (Å²) in [5.74, 6) is -0.126. The number of rotatable bonds is 13. The third-order valence-corrected chi connectivity index (χ3v) is 7.77. The second kappa shape index (κ2) is 11.3. The molecule has 188 valence electrons. The minimum absolute atomic E-state index is 0.0891. The van der Waals surface area contributed by atoms with E-state index in [1.807, 2.05) is 17.5 Å². The Hall–Kier alpha value is -2.80. The standard InChI is InChI=1S/C23H26FN3O6S2/c24-18-7-6-17(13-19(18)33-14-16-4-5-16)22(20-3-1-11-34-20)26-35(30,31)12-2-10-32-15-27-9-8-21(28)25-23(27)29/h1,3,6-9,11,13,16,22,26H,2,4-5,10,12,14-15H2,(H,25,28,29). The van der Waals surface area contributed by atoms with E-state index in [0.29, 0.717) is 18.1 Å². The summed E-state index contributed by atoms with van der Waals surface area (Å²) in [6, 6.07) is 8.54. The SMILES string of the molecule is O=c1ccn(COCCCS(=O)(=O)NC(c2ccc(F)c(OCC3CC3)c2)c2cccs2)c(=O)[nH]1. The first-order valence-electron chi connectivity index (χ1n) is 11.1. The summed E-state index contributed by atoms with van der Waals surface area (Å²) in [6.45, 7) is 0.424. The fourth-order valence-electron chi connectivity index (χ4n) is 3.35. The lowest BCUT2D eigenvalue weighted by Gasteiger charge is -2.19. The first kappa shape index (κ1) is 25.3. The number of aromatic amines is 1. The van der Waals surface area contributed by atoms with Crippen LogP contribution in [0.25, 0.3) is 0 Å². The number of hydrogen-bond acceptors (Lipinski definition) is 7. The van der Waals surface area contributed by atoms with Crippen LogP contribution in [0.5, 0.6) is 5.75 Å². The van der Waals surface area contributed by atoms with Gasteiger partial charge in [0.2, 0.25) is 10.0 Å². The van der Waals surface area contributed by atoms with Crippen LogP contribution in [0.4, 0.5) is 4.39 Å². The Morgan fingerprint density at radius 2 is 2.06 bits per heavy atom. The number of nitrogens with zero attached hydrogens (tertiary/aromatic N) is 1. The molecule has 4 rings (SSSR count). The summed E-state index contributed by atoms with van der Waals surface area (Å²) in [5, 5.41) is 1.84. The van der Waals surface area contributed by atoms with Crippen molar-refractivity contribution in [3.05, 3.63) is 85.1 Å². The zero-order valence-corrected chi connectivity index (χ0v) is 20.4. The molecule has 2 N–H and O–H groups in total. The van der Waals surface area contributed by atoms with Crippen molar-refractivity contribution in [2.45, 2.75) is 32.0 Å². The second-order valence-corrected chi connectivity index (χ2v) is 11.2. The molecule has 1 fully saturated rings. The van der Waals surface area contributed by atoms with Gasteiger partial charge in [-0.15, -0.1) is 11.3 Å². The highest BCUT2D eigenvalue weighted by Gasteiger charge is 2.25. The highest BCUT2D eigenvalue weighted by molar-refractivity contribution is 7.89. The van der Waals surface area contributed by atoms with Gasteiger partial charge in [-0.1, -0.05) is 12.1 Å². The Labute approximate surface area is 205 Å². The Bertz CT molecular complexity index is 1350. The third-order valence-electron chi connectivity index (χ3n) is 5.41. The predicted octanol–water partition coefficient (Wildman–Crippen LogP) is 2.60. The van der Waals surface area contributed by atoms with E-state index in [-0.39, 0.29) is 31.3 Å². The molecule has 1 atom stereocenters. The molecule has 0 aliphatic heterocycles. The average Bonchev–Trinajstić information content (AvgIpc) is 3.49. The highest BCUT2D eigenvalue weighted by Crippen LogP contribution is 2.33. The molecule has 12 heteroatoms. The molecule has 0 amide bonds. The first-order chi connectivity index (χ1) is 16.8. The molecule has 1 aliphatic rings. The lowest BCUT2D eigenvalue weighted by molar-refractivity contribution is 0.0744. The molecule has 2 heterocycles. The Balaban J connectivity index is 1.37. The molecule has 9 nitrogen and oxygen atoms in total. The maximum absolute atomic E-state index is 14.3. The molecule has 0 bridgehead atoms. The molecule has 0 saturated heterocycles. The number of H-pyrrole nitrogens is 1. The molecular formula is C23H26FN3O6S2. The summed E-state index contributed by atoms with van der Waals surface area (Å²) >= 11 is 1.39. The summed E-state index contributed by atoms with van der Waals surface area (Å²) in [6.07, 6.45) is 3.63. The number of hydrogen-bond donors (Lipinski definition) is 2. The largest absolute Gasteiger partial charge is 0.490 e. The van der Waals surface area contributed by atoms with Crippen LogP contribution in [-0.2, 0) is 21.5 Å². The molecule has 1 aliphatic carbocycles. The van der Waals surface area contributed by atoms with Crippen LogP contribution >= 0.6 is 11.3 Å². The van der Waals surface area contributed by atoms with Gasteiger partial charge >= 0.3 is 5.69 Å². The summed E-state index contributed by atoms with van der Waals surface area (Å²) < 4.78 is 54.9. The van der Waals surface area contributed by atoms with Crippen molar-refractivity contribution in [3.8, 4) is 5.75 Å². The summed E-state index contributed by atoms with van der Waals surface area (Å²) in [4.78, 5) is 25.6. The molecule has 2 aromatic heterocycles. The lowest BCUT2D eigenvalue weighted by Crippen LogP contribution is -2.32. The molecule has 0 spiro atoms. The molecule has 35 heavy (non-hydrogen) atoms. The van der Waals surface area contributed by atoms with Crippen molar-refractivity contribution in [1.82, 2.24) is 14.3 Å². The van der Waals surface area contributed by atoms with Gasteiger partial charge in [-0.2, -0.15) is 0 Å². The molecule has 1 saturated carbocycles. The van der Waals surface area contributed by atoms with Crippen molar-refractivity contribution in [2.24, 2.45) is 5.92 Å². The van der Waals surface area contributed by atoms with Gasteiger partial charge in [0.1, 0.15) is 6.73 Å². The van der Waals surface area contributed by atoms with Gasteiger partial charge in [-0.3, -0.25) is 14.3 Å². The van der Waals surface area contributed by atoms with Crippen LogP contribution in [0.2, 0.25) is 0 Å². The van der Waals surface area contributed by atoms with E-state index >= 15 is 0 Å². The number of ether oxygens (including phenoxy) is 2. The molecule has 3 aromatic rings. The van der Waals surface area contributed by atoms with Crippen LogP contribution in [0.3, 0.4) is 0 Å². The van der Waals surface area contributed by atoms with Crippen LogP contribution in [0.15, 0.2) is 57.6 Å². The van der Waals surface area contributed by atoms with Crippen LogP contribution < -0.4 is 20.7 Å². The van der Waals surface area contributed by atoms with E-state index in [0.717, 1.165) is 17.7 Å². The van der Waals surface area contributed by atoms with Gasteiger partial charge in [-0.05, 0) is 54.3 Å². The zero-order valence-electron chi connectivity index (χ0n) is 18.8. The van der Waals surface area contributed by atoms with Crippen LogP contribution in [0.1, 0.15) is 35.7 Å². The van der Waals surface area contributed by atoms with Crippen molar-refractivity contribution < 1.29 is 22.3 Å². The highest BCUT2D eigenvalue weighted by atomic mass is 32.2.